The first kappa shape index (κ1) is 76.6. The fourth-order valence-electron chi connectivity index (χ4n) is 11.6. The molecule has 1 amide bonds. The highest BCUT2D eigenvalue weighted by Crippen LogP contribution is 2.30. The molecule has 0 bridgehead atoms. The third-order valence-corrected chi connectivity index (χ3v) is 17.1. The highest BCUT2D eigenvalue weighted by molar-refractivity contribution is 5.76. The number of aliphatic hydroxyl groups excluding tert-OH is 8. The molecule has 484 valence electrons. The number of hydrogen-bond acceptors (Lipinski definition) is 13. The van der Waals surface area contributed by atoms with Crippen LogP contribution in [-0.2, 0) is 23.7 Å². The second-order valence-electron chi connectivity index (χ2n) is 24.7. The van der Waals surface area contributed by atoms with Crippen LogP contribution >= 0.6 is 0 Å². The van der Waals surface area contributed by atoms with Crippen LogP contribution in [0.3, 0.4) is 0 Å². The van der Waals surface area contributed by atoms with Gasteiger partial charge >= 0.3 is 0 Å². The zero-order chi connectivity index (χ0) is 59.5. The number of carbonyl (C=O) groups is 1. The van der Waals surface area contributed by atoms with E-state index in [2.05, 4.69) is 31.3 Å². The van der Waals surface area contributed by atoms with Crippen molar-refractivity contribution >= 4 is 5.91 Å². The number of ether oxygens (including phenoxy) is 4. The van der Waals surface area contributed by atoms with Crippen LogP contribution in [0.2, 0.25) is 0 Å². The van der Waals surface area contributed by atoms with Gasteiger partial charge in [-0.25, -0.2) is 0 Å². The summed E-state index contributed by atoms with van der Waals surface area (Å²) in [5.74, 6) is -0.242. The Bertz CT molecular complexity index is 1470. The molecule has 2 heterocycles. The molecule has 2 aliphatic heterocycles. The third-order valence-electron chi connectivity index (χ3n) is 17.1. The average molecular weight is 1170 g/mol. The fraction of sp³-hybridized carbons (Fsp3) is 0.926. The van der Waals surface area contributed by atoms with Crippen LogP contribution in [0.1, 0.15) is 309 Å². The minimum absolute atomic E-state index is 0.242. The van der Waals surface area contributed by atoms with E-state index in [0.717, 1.165) is 32.1 Å². The maximum Gasteiger partial charge on any atom is 0.220 e. The van der Waals surface area contributed by atoms with E-state index >= 15 is 0 Å². The summed E-state index contributed by atoms with van der Waals surface area (Å²) in [5, 5.41) is 87.3. The Balaban J connectivity index is 1.69. The van der Waals surface area contributed by atoms with Gasteiger partial charge in [-0.1, -0.05) is 295 Å². The molecule has 0 aromatic carbocycles. The van der Waals surface area contributed by atoms with Gasteiger partial charge in [0.15, 0.2) is 12.6 Å². The monoisotopic (exact) mass is 1170 g/mol. The molecule has 12 unspecified atom stereocenters. The Hall–Kier alpha value is -1.53. The number of allylic oxidation sites excluding steroid dienone is 3. The molecular formula is C68H129NO13. The number of hydrogen-bond donors (Lipinski definition) is 9. The predicted octanol–water partition coefficient (Wildman–Crippen LogP) is 13.6. The van der Waals surface area contributed by atoms with E-state index in [4.69, 9.17) is 18.9 Å². The van der Waals surface area contributed by atoms with Gasteiger partial charge < -0.3 is 65.1 Å². The summed E-state index contributed by atoms with van der Waals surface area (Å²) in [5.41, 5.74) is 0. The molecule has 0 aromatic rings. The van der Waals surface area contributed by atoms with Crippen LogP contribution in [0.15, 0.2) is 24.3 Å². The van der Waals surface area contributed by atoms with E-state index in [1.807, 2.05) is 6.08 Å². The first-order valence-corrected chi connectivity index (χ1v) is 34.6. The summed E-state index contributed by atoms with van der Waals surface area (Å²) in [4.78, 5) is 13.3. The largest absolute Gasteiger partial charge is 0.394 e. The zero-order valence-corrected chi connectivity index (χ0v) is 52.5. The molecular weight excluding hydrogens is 1040 g/mol. The smallest absolute Gasteiger partial charge is 0.220 e. The molecule has 0 saturated carbocycles. The van der Waals surface area contributed by atoms with E-state index in [1.54, 1.807) is 6.08 Å². The van der Waals surface area contributed by atoms with Gasteiger partial charge in [0.1, 0.15) is 48.8 Å². The average Bonchev–Trinajstić information content (AvgIpc) is 3.67. The van der Waals surface area contributed by atoms with E-state index < -0.39 is 86.8 Å². The van der Waals surface area contributed by atoms with Crippen LogP contribution in [0.4, 0.5) is 0 Å². The molecule has 0 aliphatic carbocycles. The molecule has 12 atom stereocenters. The number of aliphatic hydroxyl groups is 8. The lowest BCUT2D eigenvalue weighted by Gasteiger charge is -2.46. The van der Waals surface area contributed by atoms with Crippen LogP contribution in [0.25, 0.3) is 0 Å². The van der Waals surface area contributed by atoms with Crippen molar-refractivity contribution in [1.29, 1.82) is 0 Å². The highest BCUT2D eigenvalue weighted by atomic mass is 16.7. The van der Waals surface area contributed by atoms with Gasteiger partial charge in [0.2, 0.25) is 5.91 Å². The zero-order valence-electron chi connectivity index (χ0n) is 52.5. The van der Waals surface area contributed by atoms with Crippen LogP contribution in [0, 0.1) is 0 Å². The summed E-state index contributed by atoms with van der Waals surface area (Å²) in [7, 11) is 0. The van der Waals surface area contributed by atoms with Crippen molar-refractivity contribution in [2.75, 3.05) is 19.8 Å². The van der Waals surface area contributed by atoms with Crippen molar-refractivity contribution in [2.24, 2.45) is 0 Å². The first-order chi connectivity index (χ1) is 40.1. The molecule has 14 heteroatoms. The second-order valence-corrected chi connectivity index (χ2v) is 24.7. The predicted molar refractivity (Wildman–Crippen MR) is 332 cm³/mol. The number of carbonyl (C=O) groups excluding carboxylic acids is 1. The SMILES string of the molecule is CCCCCCCCCCCCCCCCC/C=C/CC/C=C/C(O)C(COC1OC(CO)C(OC2OC(CO)C(O)C(O)C2O)C(O)C1O)NC(=O)CCCCCCCCCCCCCCCCCCCCCCCCCCCCC. The lowest BCUT2D eigenvalue weighted by Crippen LogP contribution is -2.65. The molecule has 2 aliphatic rings. The van der Waals surface area contributed by atoms with Gasteiger partial charge in [0.25, 0.3) is 0 Å². The topological polar surface area (TPSA) is 228 Å². The van der Waals surface area contributed by atoms with Crippen molar-refractivity contribution in [2.45, 2.75) is 383 Å². The van der Waals surface area contributed by atoms with Gasteiger partial charge in [-0.2, -0.15) is 0 Å². The summed E-state index contributed by atoms with van der Waals surface area (Å²) >= 11 is 0. The van der Waals surface area contributed by atoms with Crippen LogP contribution in [0.5, 0.6) is 0 Å². The molecule has 2 rings (SSSR count). The maximum absolute atomic E-state index is 13.3. The fourth-order valence-corrected chi connectivity index (χ4v) is 11.6. The Kier molecular flexibility index (Phi) is 50.1. The van der Waals surface area contributed by atoms with Gasteiger partial charge in [-0.05, 0) is 32.1 Å². The molecule has 0 aromatic heterocycles. The Morgan fingerprint density at radius 3 is 1.20 bits per heavy atom. The highest BCUT2D eigenvalue weighted by Gasteiger charge is 2.51. The van der Waals surface area contributed by atoms with E-state index in [-0.39, 0.29) is 18.9 Å². The quantitative estimate of drug-likeness (QED) is 0.0204. The summed E-state index contributed by atoms with van der Waals surface area (Å²) in [6.45, 7) is 2.83. The molecule has 0 spiro atoms. The number of nitrogens with one attached hydrogen (secondary N) is 1. The van der Waals surface area contributed by atoms with Crippen molar-refractivity contribution in [3.63, 3.8) is 0 Å². The van der Waals surface area contributed by atoms with E-state index in [1.165, 1.54) is 244 Å². The molecule has 9 N–H and O–H groups in total. The summed E-state index contributed by atoms with van der Waals surface area (Å²) < 4.78 is 22.8. The van der Waals surface area contributed by atoms with Crippen LogP contribution in [-0.4, -0.2) is 140 Å². The minimum Gasteiger partial charge on any atom is -0.394 e. The van der Waals surface area contributed by atoms with Crippen molar-refractivity contribution in [1.82, 2.24) is 5.32 Å². The minimum atomic E-state index is -1.79. The van der Waals surface area contributed by atoms with Crippen molar-refractivity contribution in [3.8, 4) is 0 Å². The van der Waals surface area contributed by atoms with Gasteiger partial charge in [0, 0.05) is 6.42 Å². The molecule has 2 fully saturated rings. The van der Waals surface area contributed by atoms with E-state index in [9.17, 15) is 45.6 Å². The summed E-state index contributed by atoms with van der Waals surface area (Å²) in [6, 6.07) is -0.929. The Morgan fingerprint density at radius 2 is 0.780 bits per heavy atom. The third kappa shape index (κ3) is 37.9. The number of rotatable bonds is 57. The first-order valence-electron chi connectivity index (χ1n) is 34.6. The molecule has 14 nitrogen and oxygen atoms in total. The normalized spacial score (nSPS) is 24.0. The Labute approximate surface area is 500 Å². The molecule has 2 saturated heterocycles. The standard InChI is InChI=1S/C68H129NO13/c1-3-5-7-9-11-13-15-17-19-21-23-25-26-27-28-29-30-32-34-36-38-40-42-44-46-48-50-52-60(73)69-56(57(72)51-49-47-45-43-41-39-37-35-33-31-24-22-20-18-16-14-12-10-8-6-4-2)55-79-67-65(78)63(76)66(59(54-71)81-67)82-68-64(77)62(75)61(74)58(53-70)80-68/h41,43,49,51,56-59,61-68,70-72,74-78H,3-40,42,44-48,50,52-55H2,1-2H3,(H,69,73)/b43-41+,51-49+. The maximum atomic E-state index is 13.3. The second kappa shape index (κ2) is 53.7. The van der Waals surface area contributed by atoms with Crippen LogP contribution < -0.4 is 5.32 Å². The lowest BCUT2D eigenvalue weighted by molar-refractivity contribution is -0.359. The van der Waals surface area contributed by atoms with Crippen molar-refractivity contribution in [3.05, 3.63) is 24.3 Å². The number of unbranched alkanes of at least 4 members (excludes halogenated alkanes) is 42. The molecule has 0 radical (unpaired) electrons. The van der Waals surface area contributed by atoms with Gasteiger partial charge in [0.05, 0.1) is 32.0 Å². The van der Waals surface area contributed by atoms with Gasteiger partial charge in [-0.3, -0.25) is 4.79 Å². The molecule has 82 heavy (non-hydrogen) atoms. The Morgan fingerprint density at radius 1 is 0.427 bits per heavy atom. The van der Waals surface area contributed by atoms with Crippen molar-refractivity contribution < 1.29 is 64.6 Å². The summed E-state index contributed by atoms with van der Waals surface area (Å²) in [6.07, 6.45) is 49.5. The lowest BCUT2D eigenvalue weighted by atomic mass is 9.97. The van der Waals surface area contributed by atoms with E-state index in [0.29, 0.717) is 12.8 Å². The number of amides is 1. The van der Waals surface area contributed by atoms with Gasteiger partial charge in [-0.15, -0.1) is 0 Å².